The lowest BCUT2D eigenvalue weighted by Crippen LogP contribution is -2.13. The standard InChI is InChI=1S/C15H18N2O/c1-11-6-13(10-17-9-11)15(16)8-12-4-3-5-14(7-12)18-2/h3-7,9-10,15H,8,16H2,1-2H3. The third-order valence-corrected chi connectivity index (χ3v) is 2.91. The van der Waals surface area contributed by atoms with Crippen molar-refractivity contribution in [2.24, 2.45) is 5.73 Å². The van der Waals surface area contributed by atoms with E-state index in [9.17, 15) is 0 Å². The molecule has 0 radical (unpaired) electrons. The van der Waals surface area contributed by atoms with Crippen LogP contribution in [0.1, 0.15) is 22.7 Å². The number of hydrogen-bond acceptors (Lipinski definition) is 3. The Morgan fingerprint density at radius 2 is 2.11 bits per heavy atom. The maximum Gasteiger partial charge on any atom is 0.119 e. The molecule has 0 aliphatic heterocycles. The van der Waals surface area contributed by atoms with Crippen LogP contribution in [0.5, 0.6) is 5.75 Å². The first-order chi connectivity index (χ1) is 8.69. The molecule has 1 aromatic heterocycles. The fraction of sp³-hybridized carbons (Fsp3) is 0.267. The van der Waals surface area contributed by atoms with Gasteiger partial charge in [0.25, 0.3) is 0 Å². The highest BCUT2D eigenvalue weighted by Gasteiger charge is 2.08. The summed E-state index contributed by atoms with van der Waals surface area (Å²) in [6, 6.07) is 10.0. The molecule has 0 aliphatic rings. The molecule has 2 aromatic rings. The minimum atomic E-state index is -0.0375. The van der Waals surface area contributed by atoms with Gasteiger partial charge in [-0.1, -0.05) is 18.2 Å². The molecule has 3 nitrogen and oxygen atoms in total. The Kier molecular flexibility index (Phi) is 3.95. The number of aryl methyl sites for hydroxylation is 1. The van der Waals surface area contributed by atoms with Crippen LogP contribution in [0.25, 0.3) is 0 Å². The van der Waals surface area contributed by atoms with E-state index in [1.165, 1.54) is 5.56 Å². The molecule has 0 saturated carbocycles. The fourth-order valence-corrected chi connectivity index (χ4v) is 1.95. The van der Waals surface area contributed by atoms with Crippen LogP contribution in [0.15, 0.2) is 42.7 Å². The second kappa shape index (κ2) is 5.65. The van der Waals surface area contributed by atoms with Crippen molar-refractivity contribution in [1.82, 2.24) is 4.98 Å². The quantitative estimate of drug-likeness (QED) is 0.896. The zero-order chi connectivity index (χ0) is 13.0. The van der Waals surface area contributed by atoms with Gasteiger partial charge in [0.05, 0.1) is 7.11 Å². The van der Waals surface area contributed by atoms with Crippen molar-refractivity contribution >= 4 is 0 Å². The molecule has 18 heavy (non-hydrogen) atoms. The summed E-state index contributed by atoms with van der Waals surface area (Å²) in [5.41, 5.74) is 9.58. The minimum absolute atomic E-state index is 0.0375. The summed E-state index contributed by atoms with van der Waals surface area (Å²) in [4.78, 5) is 4.18. The summed E-state index contributed by atoms with van der Waals surface area (Å²) < 4.78 is 5.21. The lowest BCUT2D eigenvalue weighted by molar-refractivity contribution is 0.414. The van der Waals surface area contributed by atoms with Crippen molar-refractivity contribution in [2.75, 3.05) is 7.11 Å². The maximum atomic E-state index is 6.21. The van der Waals surface area contributed by atoms with Crippen LogP contribution in [0.4, 0.5) is 0 Å². The average molecular weight is 242 g/mol. The highest BCUT2D eigenvalue weighted by atomic mass is 16.5. The Morgan fingerprint density at radius 1 is 1.28 bits per heavy atom. The number of benzene rings is 1. The van der Waals surface area contributed by atoms with Crippen molar-refractivity contribution in [2.45, 2.75) is 19.4 Å². The molecule has 0 amide bonds. The molecule has 1 heterocycles. The van der Waals surface area contributed by atoms with E-state index >= 15 is 0 Å². The molecule has 0 fully saturated rings. The second-order valence-corrected chi connectivity index (χ2v) is 4.46. The molecule has 2 N–H and O–H groups in total. The monoisotopic (exact) mass is 242 g/mol. The molecule has 1 aromatic carbocycles. The van der Waals surface area contributed by atoms with Gasteiger partial charge < -0.3 is 10.5 Å². The van der Waals surface area contributed by atoms with Crippen molar-refractivity contribution in [3.05, 3.63) is 59.4 Å². The molecule has 0 aliphatic carbocycles. The lowest BCUT2D eigenvalue weighted by atomic mass is 10.00. The van der Waals surface area contributed by atoms with Crippen LogP contribution in [-0.4, -0.2) is 12.1 Å². The molecule has 1 unspecified atom stereocenters. The molecular weight excluding hydrogens is 224 g/mol. The zero-order valence-electron chi connectivity index (χ0n) is 10.8. The van der Waals surface area contributed by atoms with Gasteiger partial charge in [0.2, 0.25) is 0 Å². The van der Waals surface area contributed by atoms with E-state index in [1.807, 2.05) is 37.5 Å². The van der Waals surface area contributed by atoms with Gasteiger partial charge in [-0.25, -0.2) is 0 Å². The largest absolute Gasteiger partial charge is 0.497 e. The zero-order valence-corrected chi connectivity index (χ0v) is 10.8. The summed E-state index contributed by atoms with van der Waals surface area (Å²) in [6.07, 6.45) is 4.45. The van der Waals surface area contributed by atoms with E-state index in [-0.39, 0.29) is 6.04 Å². The number of rotatable bonds is 4. The summed E-state index contributed by atoms with van der Waals surface area (Å²) in [5, 5.41) is 0. The summed E-state index contributed by atoms with van der Waals surface area (Å²) in [7, 11) is 1.67. The second-order valence-electron chi connectivity index (χ2n) is 4.46. The van der Waals surface area contributed by atoms with Gasteiger partial charge in [-0.15, -0.1) is 0 Å². The van der Waals surface area contributed by atoms with Gasteiger partial charge in [0, 0.05) is 18.4 Å². The molecule has 0 spiro atoms. The van der Waals surface area contributed by atoms with Crippen LogP contribution in [0, 0.1) is 6.92 Å². The minimum Gasteiger partial charge on any atom is -0.497 e. The topological polar surface area (TPSA) is 48.1 Å². The van der Waals surface area contributed by atoms with E-state index in [1.54, 1.807) is 7.11 Å². The fourth-order valence-electron chi connectivity index (χ4n) is 1.95. The van der Waals surface area contributed by atoms with Crippen LogP contribution in [-0.2, 0) is 6.42 Å². The summed E-state index contributed by atoms with van der Waals surface area (Å²) >= 11 is 0. The van der Waals surface area contributed by atoms with Crippen molar-refractivity contribution in [1.29, 1.82) is 0 Å². The Balaban J connectivity index is 2.13. The molecule has 0 saturated heterocycles. The Labute approximate surface area is 108 Å². The van der Waals surface area contributed by atoms with Crippen LogP contribution < -0.4 is 10.5 Å². The van der Waals surface area contributed by atoms with E-state index in [2.05, 4.69) is 17.1 Å². The maximum absolute atomic E-state index is 6.21. The SMILES string of the molecule is COc1cccc(CC(N)c2cncc(C)c2)c1. The molecule has 0 bridgehead atoms. The molecular formula is C15H18N2O. The summed E-state index contributed by atoms with van der Waals surface area (Å²) in [5.74, 6) is 0.863. The number of methoxy groups -OCH3 is 1. The number of aromatic nitrogens is 1. The smallest absolute Gasteiger partial charge is 0.119 e. The first-order valence-electron chi connectivity index (χ1n) is 5.99. The van der Waals surface area contributed by atoms with E-state index < -0.39 is 0 Å². The molecule has 2 rings (SSSR count). The van der Waals surface area contributed by atoms with Gasteiger partial charge in [-0.2, -0.15) is 0 Å². The van der Waals surface area contributed by atoms with Gasteiger partial charge in [-0.05, 0) is 42.2 Å². The van der Waals surface area contributed by atoms with Crippen LogP contribution in [0.2, 0.25) is 0 Å². The van der Waals surface area contributed by atoms with Crippen LogP contribution in [0.3, 0.4) is 0 Å². The van der Waals surface area contributed by atoms with Crippen molar-refractivity contribution in [3.63, 3.8) is 0 Å². The molecule has 1 atom stereocenters. The molecule has 94 valence electrons. The van der Waals surface area contributed by atoms with Gasteiger partial charge in [0.1, 0.15) is 5.75 Å². The van der Waals surface area contributed by atoms with Crippen molar-refractivity contribution in [3.8, 4) is 5.75 Å². The van der Waals surface area contributed by atoms with E-state index in [4.69, 9.17) is 10.5 Å². The predicted octanol–water partition coefficient (Wildman–Crippen LogP) is 2.64. The van der Waals surface area contributed by atoms with Gasteiger partial charge in [-0.3, -0.25) is 4.98 Å². The Morgan fingerprint density at radius 3 is 2.83 bits per heavy atom. The molecule has 3 heteroatoms. The average Bonchev–Trinajstić information content (AvgIpc) is 2.39. The van der Waals surface area contributed by atoms with E-state index in [0.29, 0.717) is 0 Å². The third kappa shape index (κ3) is 3.08. The van der Waals surface area contributed by atoms with E-state index in [0.717, 1.165) is 23.3 Å². The Bertz CT molecular complexity index is 525. The predicted molar refractivity (Wildman–Crippen MR) is 72.6 cm³/mol. The van der Waals surface area contributed by atoms with Crippen molar-refractivity contribution < 1.29 is 4.74 Å². The number of nitrogens with two attached hydrogens (primary N) is 1. The number of pyridine rings is 1. The number of ether oxygens (including phenoxy) is 1. The Hall–Kier alpha value is -1.87. The lowest BCUT2D eigenvalue weighted by Gasteiger charge is -2.13. The van der Waals surface area contributed by atoms with Gasteiger partial charge in [0.15, 0.2) is 0 Å². The normalized spacial score (nSPS) is 12.2. The number of hydrogen-bond donors (Lipinski definition) is 1. The van der Waals surface area contributed by atoms with Crippen LogP contribution >= 0.6 is 0 Å². The highest BCUT2D eigenvalue weighted by Crippen LogP contribution is 2.19. The third-order valence-electron chi connectivity index (χ3n) is 2.91. The first-order valence-corrected chi connectivity index (χ1v) is 5.99. The van der Waals surface area contributed by atoms with Gasteiger partial charge >= 0.3 is 0 Å². The highest BCUT2D eigenvalue weighted by molar-refractivity contribution is 5.30. The number of nitrogens with zero attached hydrogens (tertiary/aromatic N) is 1. The summed E-state index contributed by atoms with van der Waals surface area (Å²) in [6.45, 7) is 2.02. The first kappa shape index (κ1) is 12.6.